The Morgan fingerprint density at radius 1 is 1.26 bits per heavy atom. The summed E-state index contributed by atoms with van der Waals surface area (Å²) in [6, 6.07) is 10.1. The number of ether oxygens (including phenoxy) is 1. The molecule has 104 valence electrons. The summed E-state index contributed by atoms with van der Waals surface area (Å²) < 4.78 is 4.89. The molecule has 0 radical (unpaired) electrons. The second-order valence-corrected chi connectivity index (χ2v) is 5.05. The third-order valence-electron chi connectivity index (χ3n) is 3.71. The highest BCUT2D eigenvalue weighted by molar-refractivity contribution is 5.67. The lowest BCUT2D eigenvalue weighted by atomic mass is 9.92. The molecule has 1 aromatic carbocycles. The van der Waals surface area contributed by atoms with Gasteiger partial charge in [0.25, 0.3) is 0 Å². The van der Waals surface area contributed by atoms with Crippen molar-refractivity contribution in [2.45, 2.75) is 44.4 Å². The Bertz CT molecular complexity index is 399. The van der Waals surface area contributed by atoms with Gasteiger partial charge in [0.1, 0.15) is 0 Å². The van der Waals surface area contributed by atoms with Crippen LogP contribution >= 0.6 is 0 Å². The van der Waals surface area contributed by atoms with Gasteiger partial charge in [0, 0.05) is 12.6 Å². The number of nitrogens with zero attached hydrogens (tertiary/aromatic N) is 1. The largest absolute Gasteiger partial charge is 0.453 e. The van der Waals surface area contributed by atoms with Gasteiger partial charge in [-0.3, -0.25) is 0 Å². The summed E-state index contributed by atoms with van der Waals surface area (Å²) in [7, 11) is 1.41. The maximum Gasteiger partial charge on any atom is 0.410 e. The molecular formula is C15H21NO3. The van der Waals surface area contributed by atoms with Crippen molar-refractivity contribution in [1.82, 2.24) is 4.90 Å². The summed E-state index contributed by atoms with van der Waals surface area (Å²) in [5, 5.41) is 9.56. The van der Waals surface area contributed by atoms with Gasteiger partial charge in [0.05, 0.1) is 13.2 Å². The lowest BCUT2D eigenvalue weighted by molar-refractivity contribution is 0.0582. The fourth-order valence-electron chi connectivity index (χ4n) is 2.61. The number of methoxy groups -OCH3 is 1. The lowest BCUT2D eigenvalue weighted by Gasteiger charge is -2.34. The first-order valence-corrected chi connectivity index (χ1v) is 6.77. The molecule has 4 heteroatoms. The molecule has 0 heterocycles. The normalized spacial score (nSPS) is 22.8. The summed E-state index contributed by atoms with van der Waals surface area (Å²) in [5.41, 5.74) is 1.10. The van der Waals surface area contributed by atoms with Crippen LogP contribution in [0.2, 0.25) is 0 Å². The molecule has 0 spiro atoms. The smallest absolute Gasteiger partial charge is 0.410 e. The average molecular weight is 263 g/mol. The summed E-state index contributed by atoms with van der Waals surface area (Å²) in [5.74, 6) is 0. The van der Waals surface area contributed by atoms with E-state index in [1.54, 1.807) is 4.90 Å². The number of rotatable bonds is 3. The van der Waals surface area contributed by atoms with E-state index in [1.165, 1.54) is 7.11 Å². The van der Waals surface area contributed by atoms with Crippen LogP contribution < -0.4 is 0 Å². The zero-order chi connectivity index (χ0) is 13.7. The van der Waals surface area contributed by atoms with Crippen molar-refractivity contribution in [3.63, 3.8) is 0 Å². The molecule has 1 aromatic rings. The van der Waals surface area contributed by atoms with Crippen LogP contribution in [-0.4, -0.2) is 35.4 Å². The Hall–Kier alpha value is -1.55. The van der Waals surface area contributed by atoms with Crippen LogP contribution in [0.1, 0.15) is 31.2 Å². The molecule has 0 saturated heterocycles. The molecule has 0 aliphatic heterocycles. The first-order valence-electron chi connectivity index (χ1n) is 6.77. The van der Waals surface area contributed by atoms with Crippen LogP contribution in [0.15, 0.2) is 30.3 Å². The monoisotopic (exact) mass is 263 g/mol. The molecule has 2 rings (SSSR count). The first-order chi connectivity index (χ1) is 9.20. The van der Waals surface area contributed by atoms with Crippen molar-refractivity contribution < 1.29 is 14.6 Å². The van der Waals surface area contributed by atoms with E-state index >= 15 is 0 Å². The van der Waals surface area contributed by atoms with E-state index in [0.717, 1.165) is 31.2 Å². The molecule has 1 aliphatic carbocycles. The Morgan fingerprint density at radius 2 is 1.89 bits per heavy atom. The highest BCUT2D eigenvalue weighted by Crippen LogP contribution is 2.25. The van der Waals surface area contributed by atoms with E-state index in [-0.39, 0.29) is 18.2 Å². The number of amides is 1. The van der Waals surface area contributed by atoms with Crippen molar-refractivity contribution in [3.05, 3.63) is 35.9 Å². The molecule has 0 bridgehead atoms. The summed E-state index contributed by atoms with van der Waals surface area (Å²) in [6.07, 6.45) is 2.68. The highest BCUT2D eigenvalue weighted by atomic mass is 16.5. The van der Waals surface area contributed by atoms with E-state index in [0.29, 0.717) is 6.54 Å². The molecule has 1 amide bonds. The fraction of sp³-hybridized carbons (Fsp3) is 0.533. The minimum absolute atomic E-state index is 0.163. The molecule has 1 aliphatic rings. The first kappa shape index (κ1) is 13.9. The minimum Gasteiger partial charge on any atom is -0.453 e. The van der Waals surface area contributed by atoms with Gasteiger partial charge < -0.3 is 14.7 Å². The molecule has 4 nitrogen and oxygen atoms in total. The molecular weight excluding hydrogens is 242 g/mol. The van der Waals surface area contributed by atoms with Crippen molar-refractivity contribution in [2.75, 3.05) is 7.11 Å². The molecule has 1 fully saturated rings. The summed E-state index contributed by atoms with van der Waals surface area (Å²) in [6.45, 7) is 0.564. The topological polar surface area (TPSA) is 49.8 Å². The molecule has 19 heavy (non-hydrogen) atoms. The van der Waals surface area contributed by atoms with Gasteiger partial charge in [-0.05, 0) is 31.2 Å². The molecule has 1 saturated carbocycles. The van der Waals surface area contributed by atoms with Gasteiger partial charge in [-0.15, -0.1) is 0 Å². The number of carbonyl (C=O) groups excluding carboxylic acids is 1. The second kappa shape index (κ2) is 6.57. The van der Waals surface area contributed by atoms with Crippen LogP contribution in [0.5, 0.6) is 0 Å². The van der Waals surface area contributed by atoms with E-state index < -0.39 is 0 Å². The number of carbonyl (C=O) groups is 1. The Labute approximate surface area is 114 Å². The third-order valence-corrected chi connectivity index (χ3v) is 3.71. The Balaban J connectivity index is 2.06. The quantitative estimate of drug-likeness (QED) is 0.911. The number of hydrogen-bond donors (Lipinski definition) is 1. The molecule has 0 atom stereocenters. The fourth-order valence-corrected chi connectivity index (χ4v) is 2.61. The van der Waals surface area contributed by atoms with Gasteiger partial charge in [0.15, 0.2) is 0 Å². The van der Waals surface area contributed by atoms with E-state index in [2.05, 4.69) is 0 Å². The predicted octanol–water partition coefficient (Wildman–Crippen LogP) is 2.56. The van der Waals surface area contributed by atoms with Gasteiger partial charge >= 0.3 is 6.09 Å². The SMILES string of the molecule is COC(=O)N(Cc1ccccc1)C1CCC(O)CC1. The number of aliphatic hydroxyl groups is 1. The summed E-state index contributed by atoms with van der Waals surface area (Å²) in [4.78, 5) is 13.7. The molecule has 0 aromatic heterocycles. The van der Waals surface area contributed by atoms with E-state index in [4.69, 9.17) is 4.74 Å². The predicted molar refractivity (Wildman–Crippen MR) is 72.7 cm³/mol. The third kappa shape index (κ3) is 3.70. The average Bonchev–Trinajstić information content (AvgIpc) is 2.46. The highest BCUT2D eigenvalue weighted by Gasteiger charge is 2.28. The van der Waals surface area contributed by atoms with Crippen LogP contribution in [-0.2, 0) is 11.3 Å². The number of hydrogen-bond acceptors (Lipinski definition) is 3. The Morgan fingerprint density at radius 3 is 2.47 bits per heavy atom. The van der Waals surface area contributed by atoms with E-state index in [1.807, 2.05) is 30.3 Å². The molecule has 1 N–H and O–H groups in total. The van der Waals surface area contributed by atoms with Crippen molar-refractivity contribution in [3.8, 4) is 0 Å². The van der Waals surface area contributed by atoms with Gasteiger partial charge in [-0.25, -0.2) is 4.79 Å². The number of benzene rings is 1. The van der Waals surface area contributed by atoms with Gasteiger partial charge in [-0.2, -0.15) is 0 Å². The van der Waals surface area contributed by atoms with Gasteiger partial charge in [0.2, 0.25) is 0 Å². The van der Waals surface area contributed by atoms with Crippen molar-refractivity contribution in [2.24, 2.45) is 0 Å². The van der Waals surface area contributed by atoms with E-state index in [9.17, 15) is 9.90 Å². The Kier molecular flexibility index (Phi) is 4.80. The van der Waals surface area contributed by atoms with Crippen LogP contribution in [0.4, 0.5) is 4.79 Å². The maximum absolute atomic E-state index is 11.9. The minimum atomic E-state index is -0.287. The molecule has 0 unspecified atom stereocenters. The van der Waals surface area contributed by atoms with Crippen molar-refractivity contribution >= 4 is 6.09 Å². The summed E-state index contributed by atoms with van der Waals surface area (Å²) >= 11 is 0. The lowest BCUT2D eigenvalue weighted by Crippen LogP contribution is -2.42. The standard InChI is InChI=1S/C15H21NO3/c1-19-15(18)16(11-12-5-3-2-4-6-12)13-7-9-14(17)10-8-13/h2-6,13-14,17H,7-11H2,1H3. The second-order valence-electron chi connectivity index (χ2n) is 5.05. The van der Waals surface area contributed by atoms with Gasteiger partial charge in [-0.1, -0.05) is 30.3 Å². The van der Waals surface area contributed by atoms with Crippen molar-refractivity contribution in [1.29, 1.82) is 0 Å². The zero-order valence-electron chi connectivity index (χ0n) is 11.3. The number of aliphatic hydroxyl groups excluding tert-OH is 1. The maximum atomic E-state index is 11.9. The van der Waals surface area contributed by atoms with Crippen LogP contribution in [0, 0.1) is 0 Å². The van der Waals surface area contributed by atoms with Crippen LogP contribution in [0.25, 0.3) is 0 Å². The van der Waals surface area contributed by atoms with Crippen LogP contribution in [0.3, 0.4) is 0 Å². The zero-order valence-corrected chi connectivity index (χ0v) is 11.3.